The first-order valence-corrected chi connectivity index (χ1v) is 7.81. The summed E-state index contributed by atoms with van der Waals surface area (Å²) >= 11 is 6.98. The highest BCUT2D eigenvalue weighted by Gasteiger charge is 2.20. The van der Waals surface area contributed by atoms with Crippen LogP contribution in [0.25, 0.3) is 11.7 Å². The molecule has 9 heteroatoms. The van der Waals surface area contributed by atoms with Crippen molar-refractivity contribution in [2.45, 2.75) is 18.9 Å². The Bertz CT molecular complexity index is 1050. The van der Waals surface area contributed by atoms with Crippen LogP contribution in [-0.2, 0) is 0 Å². The fraction of sp³-hybridized carbons (Fsp3) is 0.231. The SMILES string of the molecule is O=c1[nH]c(O)c(C=c2cnn3c(=NC4CC4)cc(Cl)nc23)s1. The second-order valence-corrected chi connectivity index (χ2v) is 6.41. The summed E-state index contributed by atoms with van der Waals surface area (Å²) in [5, 5.41) is 14.9. The normalized spacial score (nSPS) is 16.8. The minimum absolute atomic E-state index is 0.167. The Morgan fingerprint density at radius 1 is 1.55 bits per heavy atom. The van der Waals surface area contributed by atoms with E-state index >= 15 is 0 Å². The summed E-state index contributed by atoms with van der Waals surface area (Å²) in [4.78, 5) is 22.5. The number of aromatic hydroxyl groups is 1. The van der Waals surface area contributed by atoms with Gasteiger partial charge < -0.3 is 5.11 Å². The molecule has 0 bridgehead atoms. The van der Waals surface area contributed by atoms with Crippen LogP contribution in [0.3, 0.4) is 0 Å². The van der Waals surface area contributed by atoms with E-state index in [2.05, 4.69) is 20.1 Å². The van der Waals surface area contributed by atoms with E-state index in [1.165, 1.54) is 0 Å². The second kappa shape index (κ2) is 4.92. The molecule has 1 saturated carbocycles. The van der Waals surface area contributed by atoms with Crippen molar-refractivity contribution in [3.63, 3.8) is 0 Å². The number of nitrogens with one attached hydrogen (secondary N) is 1. The Balaban J connectivity index is 1.98. The van der Waals surface area contributed by atoms with E-state index in [1.807, 2.05) is 0 Å². The molecular formula is C13H10ClN5O2S. The van der Waals surface area contributed by atoms with E-state index in [4.69, 9.17) is 11.6 Å². The Morgan fingerprint density at radius 3 is 3.05 bits per heavy atom. The fourth-order valence-corrected chi connectivity index (χ4v) is 2.95. The maximum Gasteiger partial charge on any atom is 0.307 e. The van der Waals surface area contributed by atoms with Crippen molar-refractivity contribution in [3.8, 4) is 5.88 Å². The first-order chi connectivity index (χ1) is 10.6. The summed E-state index contributed by atoms with van der Waals surface area (Å²) in [6.07, 6.45) is 5.40. The van der Waals surface area contributed by atoms with Gasteiger partial charge in [-0.25, -0.2) is 4.98 Å². The molecule has 4 rings (SSSR count). The minimum Gasteiger partial charge on any atom is -0.493 e. The minimum atomic E-state index is -0.323. The molecule has 0 unspecified atom stereocenters. The highest BCUT2D eigenvalue weighted by atomic mass is 35.5. The van der Waals surface area contributed by atoms with E-state index in [0.717, 1.165) is 24.2 Å². The molecule has 2 N–H and O–H groups in total. The Kier molecular flexibility index (Phi) is 3.02. The molecule has 22 heavy (non-hydrogen) atoms. The average Bonchev–Trinajstić information content (AvgIpc) is 3.09. The number of rotatable bonds is 2. The molecule has 3 heterocycles. The molecule has 0 aromatic carbocycles. The molecule has 1 fully saturated rings. The molecule has 7 nitrogen and oxygen atoms in total. The number of aromatic nitrogens is 4. The number of aromatic amines is 1. The van der Waals surface area contributed by atoms with Gasteiger partial charge in [0, 0.05) is 11.3 Å². The summed E-state index contributed by atoms with van der Waals surface area (Å²) in [7, 11) is 0. The molecule has 0 amide bonds. The molecule has 0 radical (unpaired) electrons. The lowest BCUT2D eigenvalue weighted by molar-refractivity contribution is 0.455. The first-order valence-electron chi connectivity index (χ1n) is 6.62. The Hall–Kier alpha value is -2.19. The number of fused-ring (bicyclic) bond motifs is 1. The Labute approximate surface area is 132 Å². The van der Waals surface area contributed by atoms with Gasteiger partial charge in [-0.15, -0.1) is 0 Å². The van der Waals surface area contributed by atoms with Crippen molar-refractivity contribution in [1.29, 1.82) is 0 Å². The topological polar surface area (TPSA) is 95.6 Å². The lowest BCUT2D eigenvalue weighted by Gasteiger charge is -1.96. The highest BCUT2D eigenvalue weighted by molar-refractivity contribution is 7.10. The van der Waals surface area contributed by atoms with Gasteiger partial charge in [0.05, 0.1) is 17.1 Å². The third kappa shape index (κ3) is 2.40. The molecule has 3 aromatic heterocycles. The van der Waals surface area contributed by atoms with Gasteiger partial charge >= 0.3 is 4.87 Å². The number of thiazole rings is 1. The van der Waals surface area contributed by atoms with E-state index in [9.17, 15) is 9.90 Å². The molecular weight excluding hydrogens is 326 g/mol. The molecule has 0 aliphatic heterocycles. The van der Waals surface area contributed by atoms with Crippen molar-refractivity contribution in [3.05, 3.63) is 42.7 Å². The van der Waals surface area contributed by atoms with Gasteiger partial charge in [-0.1, -0.05) is 22.9 Å². The fourth-order valence-electron chi connectivity index (χ4n) is 2.09. The summed E-state index contributed by atoms with van der Waals surface area (Å²) in [5.74, 6) is -0.167. The van der Waals surface area contributed by atoms with Gasteiger partial charge in [-0.2, -0.15) is 9.61 Å². The largest absolute Gasteiger partial charge is 0.493 e. The Morgan fingerprint density at radius 2 is 2.36 bits per heavy atom. The maximum absolute atomic E-state index is 11.3. The van der Waals surface area contributed by atoms with Gasteiger partial charge in [0.2, 0.25) is 5.88 Å². The quantitative estimate of drug-likeness (QED) is 0.665. The number of H-pyrrole nitrogens is 1. The predicted octanol–water partition coefficient (Wildman–Crippen LogP) is 0.449. The molecule has 3 aromatic rings. The number of halogens is 1. The van der Waals surface area contributed by atoms with E-state index in [0.29, 0.717) is 32.4 Å². The van der Waals surface area contributed by atoms with Crippen LogP contribution in [0.4, 0.5) is 0 Å². The van der Waals surface area contributed by atoms with Gasteiger partial charge in [0.15, 0.2) is 11.1 Å². The first kappa shape index (κ1) is 13.5. The number of nitrogens with zero attached hydrogens (tertiary/aromatic N) is 4. The molecule has 1 aliphatic carbocycles. The molecule has 112 valence electrons. The van der Waals surface area contributed by atoms with Crippen LogP contribution < -0.4 is 15.6 Å². The van der Waals surface area contributed by atoms with E-state index < -0.39 is 0 Å². The lowest BCUT2D eigenvalue weighted by atomic mass is 10.4. The zero-order chi connectivity index (χ0) is 15.3. The third-order valence-electron chi connectivity index (χ3n) is 3.25. The van der Waals surface area contributed by atoms with Crippen LogP contribution in [0.5, 0.6) is 5.88 Å². The van der Waals surface area contributed by atoms with Crippen LogP contribution in [-0.4, -0.2) is 30.7 Å². The van der Waals surface area contributed by atoms with Gasteiger partial charge in [0.25, 0.3) is 0 Å². The predicted molar refractivity (Wildman–Crippen MR) is 82.0 cm³/mol. The molecule has 0 spiro atoms. The summed E-state index contributed by atoms with van der Waals surface area (Å²) in [6.45, 7) is 0. The summed E-state index contributed by atoms with van der Waals surface area (Å²) in [6, 6.07) is 2.01. The molecule has 0 saturated heterocycles. The smallest absolute Gasteiger partial charge is 0.307 e. The van der Waals surface area contributed by atoms with Crippen molar-refractivity contribution in [2.75, 3.05) is 0 Å². The van der Waals surface area contributed by atoms with Crippen LogP contribution in [0.15, 0.2) is 22.1 Å². The lowest BCUT2D eigenvalue weighted by Crippen LogP contribution is -2.18. The molecule has 0 atom stereocenters. The van der Waals surface area contributed by atoms with Crippen LogP contribution in [0.1, 0.15) is 17.7 Å². The number of hydrogen-bond donors (Lipinski definition) is 2. The van der Waals surface area contributed by atoms with Gasteiger partial charge in [-0.3, -0.25) is 14.8 Å². The highest BCUT2D eigenvalue weighted by Crippen LogP contribution is 2.22. The summed E-state index contributed by atoms with van der Waals surface area (Å²) < 4.78 is 1.61. The zero-order valence-electron chi connectivity index (χ0n) is 11.2. The van der Waals surface area contributed by atoms with E-state index in [-0.39, 0.29) is 10.8 Å². The second-order valence-electron chi connectivity index (χ2n) is 5.00. The van der Waals surface area contributed by atoms with Crippen molar-refractivity contribution >= 4 is 34.7 Å². The maximum atomic E-state index is 11.3. The molecule has 1 aliphatic rings. The van der Waals surface area contributed by atoms with Crippen molar-refractivity contribution in [2.24, 2.45) is 4.99 Å². The van der Waals surface area contributed by atoms with E-state index in [1.54, 1.807) is 22.9 Å². The van der Waals surface area contributed by atoms with Crippen LogP contribution >= 0.6 is 22.9 Å². The van der Waals surface area contributed by atoms with Crippen LogP contribution in [0, 0.1) is 0 Å². The summed E-state index contributed by atoms with van der Waals surface area (Å²) in [5.41, 5.74) is 1.19. The standard InChI is InChI=1S/C13H10ClN5O2S/c14-9-4-10(16-7-1-2-7)19-11(17-9)6(5-15-19)3-8-12(20)18-13(21)22-8/h3-5,7,20H,1-2H2,(H,18,21). The average molecular weight is 336 g/mol. The monoisotopic (exact) mass is 335 g/mol. The third-order valence-corrected chi connectivity index (χ3v) is 4.27. The number of hydrogen-bond acceptors (Lipinski definition) is 6. The van der Waals surface area contributed by atoms with Crippen molar-refractivity contribution < 1.29 is 5.11 Å². The van der Waals surface area contributed by atoms with Gasteiger partial charge in [-0.05, 0) is 18.9 Å². The van der Waals surface area contributed by atoms with Crippen LogP contribution in [0.2, 0.25) is 5.15 Å². The van der Waals surface area contributed by atoms with Crippen molar-refractivity contribution in [1.82, 2.24) is 19.6 Å². The zero-order valence-corrected chi connectivity index (χ0v) is 12.7. The van der Waals surface area contributed by atoms with Gasteiger partial charge in [0.1, 0.15) is 5.15 Å².